The Labute approximate surface area is 101 Å². The van der Waals surface area contributed by atoms with E-state index >= 15 is 0 Å². The number of pyridine rings is 1. The lowest BCUT2D eigenvalue weighted by molar-refractivity contribution is 0.454. The van der Waals surface area contributed by atoms with Gasteiger partial charge < -0.3 is 4.52 Å². The van der Waals surface area contributed by atoms with Gasteiger partial charge in [-0.05, 0) is 28.6 Å². The van der Waals surface area contributed by atoms with E-state index in [0.717, 1.165) is 16.6 Å². The fourth-order valence-corrected chi connectivity index (χ4v) is 2.02. The van der Waals surface area contributed by atoms with Gasteiger partial charge in [0.15, 0.2) is 11.2 Å². The average Bonchev–Trinajstić information content (AvgIpc) is 3.06. The van der Waals surface area contributed by atoms with Gasteiger partial charge in [0.1, 0.15) is 6.20 Å². The van der Waals surface area contributed by atoms with Crippen molar-refractivity contribution >= 4 is 16.6 Å². The summed E-state index contributed by atoms with van der Waals surface area (Å²) in [7, 11) is 0. The Morgan fingerprint density at radius 1 is 1.11 bits per heavy atom. The van der Waals surface area contributed by atoms with Gasteiger partial charge in [-0.2, -0.15) is 4.52 Å². The standard InChI is InChI=1S/C12H6N5O/c1-3-8(9-7-13-18-11(9)5-1)10-4-2-6-12-14-15-16-17(10)12/h1-6H. The van der Waals surface area contributed by atoms with E-state index in [-0.39, 0.29) is 0 Å². The third kappa shape index (κ3) is 1.17. The molecule has 0 spiro atoms. The van der Waals surface area contributed by atoms with Crippen LogP contribution in [0, 0.1) is 6.20 Å². The lowest BCUT2D eigenvalue weighted by Crippen LogP contribution is -1.94. The van der Waals surface area contributed by atoms with Crippen molar-refractivity contribution in [1.29, 1.82) is 0 Å². The number of tetrazole rings is 1. The van der Waals surface area contributed by atoms with Gasteiger partial charge in [-0.1, -0.05) is 23.4 Å². The summed E-state index contributed by atoms with van der Waals surface area (Å²) in [5, 5.41) is 16.1. The number of nitrogens with zero attached hydrogens (tertiary/aromatic N) is 5. The quantitative estimate of drug-likeness (QED) is 0.503. The first-order chi connectivity index (χ1) is 8.93. The molecule has 0 aliphatic rings. The number of benzene rings is 1. The van der Waals surface area contributed by atoms with Crippen LogP contribution in [0.2, 0.25) is 0 Å². The Bertz CT molecular complexity index is 776. The topological polar surface area (TPSA) is 69.1 Å². The predicted octanol–water partition coefficient (Wildman–Crippen LogP) is 1.73. The molecular weight excluding hydrogens is 230 g/mol. The summed E-state index contributed by atoms with van der Waals surface area (Å²) in [4.78, 5) is 0. The average molecular weight is 236 g/mol. The zero-order valence-electron chi connectivity index (χ0n) is 9.11. The van der Waals surface area contributed by atoms with Crippen molar-refractivity contribution in [2.45, 2.75) is 0 Å². The highest BCUT2D eigenvalue weighted by molar-refractivity contribution is 5.92. The van der Waals surface area contributed by atoms with E-state index in [9.17, 15) is 0 Å². The molecule has 0 aliphatic carbocycles. The second-order valence-electron chi connectivity index (χ2n) is 3.83. The number of hydrogen-bond acceptors (Lipinski definition) is 5. The van der Waals surface area contributed by atoms with Crippen molar-refractivity contribution in [2.75, 3.05) is 0 Å². The van der Waals surface area contributed by atoms with Gasteiger partial charge >= 0.3 is 0 Å². The van der Waals surface area contributed by atoms with Gasteiger partial charge in [0.05, 0.1) is 11.1 Å². The molecule has 1 radical (unpaired) electrons. The smallest absolute Gasteiger partial charge is 0.179 e. The summed E-state index contributed by atoms with van der Waals surface area (Å²) >= 11 is 0. The summed E-state index contributed by atoms with van der Waals surface area (Å²) in [5.74, 6) is 0. The first-order valence-corrected chi connectivity index (χ1v) is 5.37. The zero-order valence-corrected chi connectivity index (χ0v) is 9.11. The molecule has 0 fully saturated rings. The summed E-state index contributed by atoms with van der Waals surface area (Å²) < 4.78 is 6.78. The summed E-state index contributed by atoms with van der Waals surface area (Å²) in [5.41, 5.74) is 3.20. The van der Waals surface area contributed by atoms with Crippen LogP contribution < -0.4 is 0 Å². The molecule has 4 aromatic rings. The normalized spacial score (nSPS) is 11.3. The lowest BCUT2D eigenvalue weighted by atomic mass is 10.1. The molecule has 0 unspecified atom stereocenters. The molecule has 0 amide bonds. The third-order valence-electron chi connectivity index (χ3n) is 2.82. The molecule has 0 atom stereocenters. The van der Waals surface area contributed by atoms with Crippen LogP contribution in [0.4, 0.5) is 0 Å². The van der Waals surface area contributed by atoms with Crippen LogP contribution in [0.5, 0.6) is 0 Å². The van der Waals surface area contributed by atoms with Gasteiger partial charge in [-0.3, -0.25) is 0 Å². The number of hydrogen-bond donors (Lipinski definition) is 0. The molecule has 0 N–H and O–H groups in total. The van der Waals surface area contributed by atoms with Crippen LogP contribution in [-0.4, -0.2) is 25.2 Å². The van der Waals surface area contributed by atoms with Crippen LogP contribution in [0.25, 0.3) is 27.9 Å². The van der Waals surface area contributed by atoms with E-state index in [2.05, 4.69) is 26.9 Å². The maximum absolute atomic E-state index is 5.11. The molecule has 3 heterocycles. The second-order valence-corrected chi connectivity index (χ2v) is 3.83. The Hall–Kier alpha value is -2.76. The summed E-state index contributed by atoms with van der Waals surface area (Å²) in [6, 6.07) is 11.4. The van der Waals surface area contributed by atoms with E-state index in [0.29, 0.717) is 11.2 Å². The molecule has 3 aromatic heterocycles. The van der Waals surface area contributed by atoms with Crippen molar-refractivity contribution < 1.29 is 4.52 Å². The van der Waals surface area contributed by atoms with Crippen molar-refractivity contribution in [1.82, 2.24) is 25.2 Å². The minimum atomic E-state index is 0.692. The minimum Gasteiger partial charge on any atom is -0.356 e. The molecular formula is C12H6N5O. The first kappa shape index (κ1) is 9.29. The van der Waals surface area contributed by atoms with Crippen molar-refractivity contribution in [3.05, 3.63) is 42.6 Å². The van der Waals surface area contributed by atoms with Crippen LogP contribution in [0.3, 0.4) is 0 Å². The molecule has 0 aliphatic heterocycles. The third-order valence-corrected chi connectivity index (χ3v) is 2.82. The lowest BCUT2D eigenvalue weighted by Gasteiger charge is -2.03. The van der Waals surface area contributed by atoms with Crippen LogP contribution >= 0.6 is 0 Å². The van der Waals surface area contributed by atoms with Crippen molar-refractivity contribution in [3.8, 4) is 11.3 Å². The van der Waals surface area contributed by atoms with Gasteiger partial charge in [0.25, 0.3) is 0 Å². The van der Waals surface area contributed by atoms with Gasteiger partial charge in [-0.15, -0.1) is 5.10 Å². The SMILES string of the molecule is [c]1noc2cccc(-c3cccc4nnnn34)c12. The Morgan fingerprint density at radius 3 is 3.06 bits per heavy atom. The number of fused-ring (bicyclic) bond motifs is 2. The van der Waals surface area contributed by atoms with Crippen LogP contribution in [-0.2, 0) is 0 Å². The highest BCUT2D eigenvalue weighted by Crippen LogP contribution is 2.27. The Kier molecular flexibility index (Phi) is 1.74. The highest BCUT2D eigenvalue weighted by Gasteiger charge is 2.11. The molecule has 85 valence electrons. The van der Waals surface area contributed by atoms with Crippen LogP contribution in [0.1, 0.15) is 0 Å². The first-order valence-electron chi connectivity index (χ1n) is 5.37. The predicted molar refractivity (Wildman–Crippen MR) is 62.6 cm³/mol. The van der Waals surface area contributed by atoms with Gasteiger partial charge in [0.2, 0.25) is 0 Å². The highest BCUT2D eigenvalue weighted by atomic mass is 16.5. The van der Waals surface area contributed by atoms with Crippen molar-refractivity contribution in [3.63, 3.8) is 0 Å². The molecule has 0 saturated carbocycles. The van der Waals surface area contributed by atoms with E-state index in [4.69, 9.17) is 4.52 Å². The summed E-state index contributed by atoms with van der Waals surface area (Å²) in [6.45, 7) is 0. The summed E-state index contributed by atoms with van der Waals surface area (Å²) in [6.07, 6.45) is 2.84. The van der Waals surface area contributed by atoms with E-state index in [1.165, 1.54) is 0 Å². The fraction of sp³-hybridized carbons (Fsp3) is 0. The second kappa shape index (κ2) is 3.36. The molecule has 0 saturated heterocycles. The molecule has 6 nitrogen and oxygen atoms in total. The molecule has 6 heteroatoms. The van der Waals surface area contributed by atoms with Gasteiger partial charge in [0, 0.05) is 5.56 Å². The molecule has 0 bridgehead atoms. The zero-order chi connectivity index (χ0) is 11.9. The molecule has 4 rings (SSSR count). The van der Waals surface area contributed by atoms with Crippen LogP contribution in [0.15, 0.2) is 40.9 Å². The minimum absolute atomic E-state index is 0.692. The monoisotopic (exact) mass is 236 g/mol. The van der Waals surface area contributed by atoms with E-state index < -0.39 is 0 Å². The Balaban J connectivity index is 2.13. The maximum Gasteiger partial charge on any atom is 0.179 e. The Morgan fingerprint density at radius 2 is 2.06 bits per heavy atom. The largest absolute Gasteiger partial charge is 0.356 e. The van der Waals surface area contributed by atoms with E-state index in [1.807, 2.05) is 36.4 Å². The van der Waals surface area contributed by atoms with Gasteiger partial charge in [-0.25, -0.2) is 0 Å². The van der Waals surface area contributed by atoms with Crippen molar-refractivity contribution in [2.24, 2.45) is 0 Å². The fourth-order valence-electron chi connectivity index (χ4n) is 2.02. The van der Waals surface area contributed by atoms with E-state index in [1.54, 1.807) is 4.52 Å². The maximum atomic E-state index is 5.11. The molecule has 18 heavy (non-hydrogen) atoms. The molecule has 1 aromatic carbocycles. The number of rotatable bonds is 1. The number of aromatic nitrogens is 5.